The summed E-state index contributed by atoms with van der Waals surface area (Å²) in [4.78, 5) is 27.6. The van der Waals surface area contributed by atoms with Crippen molar-refractivity contribution < 1.29 is 19.1 Å². The van der Waals surface area contributed by atoms with E-state index < -0.39 is 5.97 Å². The highest BCUT2D eigenvalue weighted by molar-refractivity contribution is 6.30. The van der Waals surface area contributed by atoms with Crippen LogP contribution in [0.5, 0.6) is 5.75 Å². The molecule has 0 aliphatic rings. The van der Waals surface area contributed by atoms with Crippen molar-refractivity contribution in [2.24, 2.45) is 0 Å². The number of aryl methyl sites for hydroxylation is 2. The zero-order valence-electron chi connectivity index (χ0n) is 13.2. The van der Waals surface area contributed by atoms with E-state index in [0.717, 1.165) is 0 Å². The van der Waals surface area contributed by atoms with E-state index in [2.05, 4.69) is 4.98 Å². The second-order valence-corrected chi connectivity index (χ2v) is 5.45. The van der Waals surface area contributed by atoms with Gasteiger partial charge in [-0.2, -0.15) is 0 Å². The summed E-state index contributed by atoms with van der Waals surface area (Å²) in [6, 6.07) is 6.78. The fourth-order valence-corrected chi connectivity index (χ4v) is 2.55. The Morgan fingerprint density at radius 1 is 1.17 bits per heavy atom. The minimum atomic E-state index is -0.513. The van der Waals surface area contributed by atoms with Gasteiger partial charge >= 0.3 is 5.97 Å². The topological polar surface area (TPSA) is 68.4 Å². The average molecular weight is 336 g/mol. The summed E-state index contributed by atoms with van der Waals surface area (Å²) in [5, 5.41) is 0.524. The lowest BCUT2D eigenvalue weighted by Crippen LogP contribution is -2.17. The number of rotatable bonds is 6. The summed E-state index contributed by atoms with van der Waals surface area (Å²) in [6.45, 7) is 5.24. The molecule has 0 aliphatic heterocycles. The first-order chi connectivity index (χ1) is 10.9. The molecule has 2 rings (SSSR count). The van der Waals surface area contributed by atoms with E-state index >= 15 is 0 Å². The molecule has 122 valence electrons. The molecule has 1 N–H and O–H groups in total. The maximum atomic E-state index is 12.5. The van der Waals surface area contributed by atoms with Gasteiger partial charge in [-0.3, -0.25) is 4.79 Å². The van der Waals surface area contributed by atoms with Crippen LogP contribution in [0.1, 0.15) is 39.0 Å². The Bertz CT molecular complexity index is 736. The van der Waals surface area contributed by atoms with Gasteiger partial charge in [0, 0.05) is 16.4 Å². The number of H-pyrrole nitrogens is 1. The molecule has 1 heterocycles. The van der Waals surface area contributed by atoms with Crippen molar-refractivity contribution in [2.45, 2.75) is 20.8 Å². The number of esters is 1. The second-order valence-electron chi connectivity index (χ2n) is 5.01. The van der Waals surface area contributed by atoms with Crippen molar-refractivity contribution in [3.63, 3.8) is 0 Å². The molecule has 0 saturated carbocycles. The van der Waals surface area contributed by atoms with E-state index in [1.807, 2.05) is 0 Å². The Balaban J connectivity index is 2.20. The highest BCUT2D eigenvalue weighted by Crippen LogP contribution is 2.22. The van der Waals surface area contributed by atoms with Crippen molar-refractivity contribution >= 4 is 23.4 Å². The third-order valence-corrected chi connectivity index (χ3v) is 3.53. The van der Waals surface area contributed by atoms with Crippen LogP contribution in [0.2, 0.25) is 5.02 Å². The van der Waals surface area contributed by atoms with E-state index in [9.17, 15) is 9.59 Å². The van der Waals surface area contributed by atoms with Gasteiger partial charge in [-0.25, -0.2) is 4.79 Å². The first-order valence-corrected chi connectivity index (χ1v) is 7.59. The van der Waals surface area contributed by atoms with Gasteiger partial charge in [0.2, 0.25) is 5.78 Å². The molecule has 2 aromatic rings. The SMILES string of the molecule is CCOC(=O)c1c(C)[nH]c(C)c1C(=O)COc1cccc(Cl)c1. The number of hydrogen-bond acceptors (Lipinski definition) is 4. The van der Waals surface area contributed by atoms with E-state index in [1.165, 1.54) is 0 Å². The van der Waals surface area contributed by atoms with Crippen molar-refractivity contribution in [1.82, 2.24) is 4.98 Å². The van der Waals surface area contributed by atoms with Gasteiger partial charge in [-0.15, -0.1) is 0 Å². The summed E-state index contributed by atoms with van der Waals surface area (Å²) in [7, 11) is 0. The quantitative estimate of drug-likeness (QED) is 0.645. The predicted molar refractivity (Wildman–Crippen MR) is 87.5 cm³/mol. The van der Waals surface area contributed by atoms with Crippen LogP contribution >= 0.6 is 11.6 Å². The molecule has 0 amide bonds. The number of ether oxygens (including phenoxy) is 2. The molecule has 0 aliphatic carbocycles. The molecule has 23 heavy (non-hydrogen) atoms. The van der Waals surface area contributed by atoms with Gasteiger partial charge in [0.15, 0.2) is 6.61 Å². The number of benzene rings is 1. The van der Waals surface area contributed by atoms with Crippen LogP contribution < -0.4 is 4.74 Å². The molecule has 0 bridgehead atoms. The summed E-state index contributed by atoms with van der Waals surface area (Å²) >= 11 is 5.88. The van der Waals surface area contributed by atoms with E-state index in [0.29, 0.717) is 27.7 Å². The Hall–Kier alpha value is -2.27. The van der Waals surface area contributed by atoms with Crippen LogP contribution in [0.15, 0.2) is 24.3 Å². The number of aromatic nitrogens is 1. The van der Waals surface area contributed by atoms with Crippen molar-refractivity contribution in [3.8, 4) is 5.75 Å². The average Bonchev–Trinajstić information content (AvgIpc) is 2.79. The smallest absolute Gasteiger partial charge is 0.340 e. The maximum Gasteiger partial charge on any atom is 0.340 e. The Labute approximate surface area is 139 Å². The van der Waals surface area contributed by atoms with Gasteiger partial charge in [0.1, 0.15) is 5.75 Å². The molecular formula is C17H18ClNO4. The summed E-state index contributed by atoms with van der Waals surface area (Å²) < 4.78 is 10.5. The largest absolute Gasteiger partial charge is 0.485 e. The standard InChI is InChI=1S/C17H18ClNO4/c1-4-22-17(21)16-11(3)19-10(2)15(16)14(20)9-23-13-7-5-6-12(18)8-13/h5-8,19H,4,9H2,1-3H3. The maximum absolute atomic E-state index is 12.5. The monoisotopic (exact) mass is 335 g/mol. The Morgan fingerprint density at radius 2 is 1.87 bits per heavy atom. The lowest BCUT2D eigenvalue weighted by atomic mass is 10.1. The lowest BCUT2D eigenvalue weighted by molar-refractivity contribution is 0.0522. The minimum Gasteiger partial charge on any atom is -0.485 e. The van der Waals surface area contributed by atoms with E-state index in [4.69, 9.17) is 21.1 Å². The normalized spacial score (nSPS) is 10.4. The molecule has 0 radical (unpaired) electrons. The highest BCUT2D eigenvalue weighted by Gasteiger charge is 2.25. The van der Waals surface area contributed by atoms with Gasteiger partial charge in [-0.05, 0) is 39.0 Å². The van der Waals surface area contributed by atoms with Crippen LogP contribution in [0.4, 0.5) is 0 Å². The van der Waals surface area contributed by atoms with Crippen LogP contribution in [-0.2, 0) is 4.74 Å². The lowest BCUT2D eigenvalue weighted by Gasteiger charge is -2.08. The molecule has 1 aromatic heterocycles. The number of nitrogens with one attached hydrogen (secondary N) is 1. The minimum absolute atomic E-state index is 0.190. The number of carbonyl (C=O) groups excluding carboxylic acids is 2. The first kappa shape index (κ1) is 17.1. The Kier molecular flexibility index (Phi) is 5.45. The van der Waals surface area contributed by atoms with E-state index in [-0.39, 0.29) is 24.6 Å². The molecular weight excluding hydrogens is 318 g/mol. The van der Waals surface area contributed by atoms with Crippen LogP contribution in [0.3, 0.4) is 0 Å². The van der Waals surface area contributed by atoms with Crippen LogP contribution in [0, 0.1) is 13.8 Å². The van der Waals surface area contributed by atoms with Crippen molar-refractivity contribution in [2.75, 3.05) is 13.2 Å². The van der Waals surface area contributed by atoms with Gasteiger partial charge in [0.05, 0.1) is 17.7 Å². The number of ketones is 1. The predicted octanol–water partition coefficient (Wildman–Crippen LogP) is 3.72. The number of Topliss-reactive ketones (excluding diaryl/α,β-unsaturated/α-hetero) is 1. The van der Waals surface area contributed by atoms with Crippen molar-refractivity contribution in [1.29, 1.82) is 0 Å². The fraction of sp³-hybridized carbons (Fsp3) is 0.294. The second kappa shape index (κ2) is 7.33. The molecule has 0 saturated heterocycles. The molecule has 1 aromatic carbocycles. The van der Waals surface area contributed by atoms with Crippen LogP contribution in [0.25, 0.3) is 0 Å². The summed E-state index contributed by atoms with van der Waals surface area (Å²) in [5.74, 6) is -0.316. The summed E-state index contributed by atoms with van der Waals surface area (Å²) in [6.07, 6.45) is 0. The molecule has 0 atom stereocenters. The summed E-state index contributed by atoms with van der Waals surface area (Å²) in [5.41, 5.74) is 1.80. The zero-order chi connectivity index (χ0) is 17.0. The van der Waals surface area contributed by atoms with Gasteiger partial charge in [-0.1, -0.05) is 17.7 Å². The zero-order valence-corrected chi connectivity index (χ0v) is 14.0. The van der Waals surface area contributed by atoms with E-state index in [1.54, 1.807) is 45.0 Å². The number of halogens is 1. The number of carbonyl (C=O) groups is 2. The van der Waals surface area contributed by atoms with Gasteiger partial charge in [0.25, 0.3) is 0 Å². The fourth-order valence-electron chi connectivity index (χ4n) is 2.37. The van der Waals surface area contributed by atoms with Gasteiger partial charge < -0.3 is 14.5 Å². The molecule has 5 nitrogen and oxygen atoms in total. The third kappa shape index (κ3) is 3.93. The van der Waals surface area contributed by atoms with Crippen molar-refractivity contribution in [3.05, 3.63) is 51.8 Å². The molecule has 6 heteroatoms. The molecule has 0 spiro atoms. The molecule has 0 unspecified atom stereocenters. The van der Waals surface area contributed by atoms with Crippen LogP contribution in [-0.4, -0.2) is 30.0 Å². The highest BCUT2D eigenvalue weighted by atomic mass is 35.5. The number of hydrogen-bond donors (Lipinski definition) is 1. The number of aromatic amines is 1. The Morgan fingerprint density at radius 3 is 2.52 bits per heavy atom. The molecule has 0 fully saturated rings. The third-order valence-electron chi connectivity index (χ3n) is 3.30. The first-order valence-electron chi connectivity index (χ1n) is 7.21.